The van der Waals surface area contributed by atoms with Crippen LogP contribution >= 0.6 is 27.5 Å². The molecule has 1 saturated carbocycles. The van der Waals surface area contributed by atoms with Crippen LogP contribution in [0.2, 0.25) is 0 Å². The fourth-order valence-electron chi connectivity index (χ4n) is 2.26. The smallest absolute Gasteiger partial charge is 0.235 e. The lowest BCUT2D eigenvalue weighted by Gasteiger charge is -2.27. The summed E-state index contributed by atoms with van der Waals surface area (Å²) in [6.07, 6.45) is 3.50. The second-order valence-electron chi connectivity index (χ2n) is 4.54. The Kier molecular flexibility index (Phi) is 4.01. The minimum atomic E-state index is -3.68. The molecule has 1 fully saturated rings. The van der Waals surface area contributed by atoms with Crippen LogP contribution < -0.4 is 4.72 Å². The highest BCUT2D eigenvalue weighted by atomic mass is 79.9. The fraction of sp³-hybridized carbons (Fsp3) is 0.778. The molecule has 0 saturated heterocycles. The van der Waals surface area contributed by atoms with Crippen molar-refractivity contribution in [3.63, 3.8) is 0 Å². The maximum absolute atomic E-state index is 12.4. The van der Waals surface area contributed by atoms with Crippen LogP contribution in [0.4, 0.5) is 0 Å². The van der Waals surface area contributed by atoms with Gasteiger partial charge >= 0.3 is 0 Å². The van der Waals surface area contributed by atoms with Crippen molar-refractivity contribution in [3.8, 4) is 0 Å². The number of aromatic nitrogens is 3. The van der Waals surface area contributed by atoms with Gasteiger partial charge in [-0.25, -0.2) is 17.8 Å². The van der Waals surface area contributed by atoms with Gasteiger partial charge in [0.2, 0.25) is 5.03 Å². The lowest BCUT2D eigenvalue weighted by Crippen LogP contribution is -2.48. The van der Waals surface area contributed by atoms with Gasteiger partial charge in [0.25, 0.3) is 10.0 Å². The summed E-state index contributed by atoms with van der Waals surface area (Å²) in [5.41, 5.74) is -0.538. The van der Waals surface area contributed by atoms with E-state index in [2.05, 4.69) is 31.0 Å². The van der Waals surface area contributed by atoms with Crippen molar-refractivity contribution in [3.05, 3.63) is 4.60 Å². The topological polar surface area (TPSA) is 76.9 Å². The van der Waals surface area contributed by atoms with Gasteiger partial charge in [-0.3, -0.25) is 0 Å². The number of rotatable bonds is 4. The third-order valence-corrected chi connectivity index (χ3v) is 6.14. The van der Waals surface area contributed by atoms with Crippen molar-refractivity contribution in [2.45, 2.75) is 36.2 Å². The molecule has 1 aliphatic carbocycles. The summed E-state index contributed by atoms with van der Waals surface area (Å²) in [5.74, 6) is 0.273. The van der Waals surface area contributed by atoms with Crippen molar-refractivity contribution in [2.24, 2.45) is 7.05 Å². The van der Waals surface area contributed by atoms with Crippen LogP contribution in [-0.4, -0.2) is 34.8 Å². The summed E-state index contributed by atoms with van der Waals surface area (Å²) in [4.78, 5) is 0. The Morgan fingerprint density at radius 3 is 2.56 bits per heavy atom. The molecule has 0 aromatic carbocycles. The third kappa shape index (κ3) is 2.56. The number of halogens is 2. The Bertz CT molecular complexity index is 519. The molecule has 1 aromatic rings. The van der Waals surface area contributed by atoms with Crippen molar-refractivity contribution < 1.29 is 8.42 Å². The number of nitrogens with one attached hydrogen (secondary N) is 1. The highest BCUT2D eigenvalue weighted by Crippen LogP contribution is 2.32. The van der Waals surface area contributed by atoms with Gasteiger partial charge in [0.05, 0.1) is 0 Å². The van der Waals surface area contributed by atoms with E-state index >= 15 is 0 Å². The molecule has 9 heteroatoms. The number of sulfonamides is 1. The molecule has 0 unspecified atom stereocenters. The summed E-state index contributed by atoms with van der Waals surface area (Å²) in [7, 11) is -2.14. The summed E-state index contributed by atoms with van der Waals surface area (Å²) in [6.45, 7) is 0. The molecule has 18 heavy (non-hydrogen) atoms. The van der Waals surface area contributed by atoms with Crippen LogP contribution in [0.3, 0.4) is 0 Å². The molecule has 0 radical (unpaired) electrons. The van der Waals surface area contributed by atoms with Crippen LogP contribution in [0.1, 0.15) is 25.7 Å². The van der Waals surface area contributed by atoms with Gasteiger partial charge in [0, 0.05) is 18.5 Å². The van der Waals surface area contributed by atoms with Crippen LogP contribution in [0.15, 0.2) is 9.63 Å². The van der Waals surface area contributed by atoms with Gasteiger partial charge in [0.15, 0.2) is 4.60 Å². The fourth-order valence-corrected chi connectivity index (χ4v) is 5.23. The first kappa shape index (κ1) is 14.2. The highest BCUT2D eigenvalue weighted by Gasteiger charge is 2.39. The predicted octanol–water partition coefficient (Wildman–Crippen LogP) is 1.41. The van der Waals surface area contributed by atoms with Crippen LogP contribution in [0.5, 0.6) is 0 Å². The summed E-state index contributed by atoms with van der Waals surface area (Å²) in [6, 6.07) is 0. The first-order valence-corrected chi connectivity index (χ1v) is 8.36. The van der Waals surface area contributed by atoms with E-state index in [1.54, 1.807) is 0 Å². The molecule has 6 nitrogen and oxygen atoms in total. The lowest BCUT2D eigenvalue weighted by molar-refractivity contribution is 0.429. The second-order valence-corrected chi connectivity index (χ2v) is 7.15. The summed E-state index contributed by atoms with van der Waals surface area (Å²) < 4.78 is 28.9. The van der Waals surface area contributed by atoms with Gasteiger partial charge in [0.1, 0.15) is 0 Å². The first-order chi connectivity index (χ1) is 8.40. The van der Waals surface area contributed by atoms with Crippen molar-refractivity contribution in [1.29, 1.82) is 0 Å². The average Bonchev–Trinajstić information content (AvgIpc) is 2.86. The summed E-state index contributed by atoms with van der Waals surface area (Å²) in [5, 5.41) is 7.38. The van der Waals surface area contributed by atoms with E-state index in [9.17, 15) is 8.42 Å². The van der Waals surface area contributed by atoms with E-state index in [1.807, 2.05) is 0 Å². The molecule has 0 aliphatic heterocycles. The Morgan fingerprint density at radius 2 is 2.11 bits per heavy atom. The standard InChI is InChI=1S/C9H14BrClN4O2S/c1-15-8(7(10)12-14-15)18(16,17)13-9(6-11)4-2-3-5-9/h13H,2-6H2,1H3. The molecule has 0 spiro atoms. The molecule has 0 bridgehead atoms. The molecule has 1 aliphatic rings. The van der Waals surface area contributed by atoms with E-state index in [0.717, 1.165) is 25.7 Å². The van der Waals surface area contributed by atoms with Crippen LogP contribution in [0, 0.1) is 0 Å². The monoisotopic (exact) mass is 356 g/mol. The molecule has 102 valence electrons. The van der Waals surface area contributed by atoms with E-state index in [1.165, 1.54) is 11.7 Å². The van der Waals surface area contributed by atoms with Crippen molar-refractivity contribution in [1.82, 2.24) is 19.7 Å². The van der Waals surface area contributed by atoms with Gasteiger partial charge in [-0.15, -0.1) is 16.7 Å². The Labute approximate surface area is 119 Å². The highest BCUT2D eigenvalue weighted by molar-refractivity contribution is 9.10. The van der Waals surface area contributed by atoms with Crippen molar-refractivity contribution in [2.75, 3.05) is 5.88 Å². The molecule has 2 rings (SSSR count). The van der Waals surface area contributed by atoms with Gasteiger partial charge in [-0.1, -0.05) is 18.1 Å². The minimum Gasteiger partial charge on any atom is -0.235 e. The average molecular weight is 358 g/mol. The van der Waals surface area contributed by atoms with Crippen LogP contribution in [0.25, 0.3) is 0 Å². The van der Waals surface area contributed by atoms with Crippen molar-refractivity contribution >= 4 is 37.6 Å². The molecule has 1 N–H and O–H groups in total. The number of hydrogen-bond donors (Lipinski definition) is 1. The van der Waals surface area contributed by atoms with E-state index in [0.29, 0.717) is 0 Å². The molecular weight excluding hydrogens is 344 g/mol. The SMILES string of the molecule is Cn1nnc(Br)c1S(=O)(=O)NC1(CCl)CCCC1. The number of alkyl halides is 1. The Hall–Kier alpha value is -0.180. The number of nitrogens with zero attached hydrogens (tertiary/aromatic N) is 3. The van der Waals surface area contributed by atoms with Gasteiger partial charge in [-0.2, -0.15) is 0 Å². The zero-order chi connectivity index (χ0) is 13.4. The second kappa shape index (κ2) is 5.07. The van der Waals surface area contributed by atoms with Crippen LogP contribution in [-0.2, 0) is 17.1 Å². The lowest BCUT2D eigenvalue weighted by atomic mass is 10.0. The van der Waals surface area contributed by atoms with E-state index in [-0.39, 0.29) is 15.5 Å². The molecule has 1 heterocycles. The minimum absolute atomic E-state index is 0.0268. The molecular formula is C9H14BrClN4O2S. The predicted molar refractivity (Wildman–Crippen MR) is 70.9 cm³/mol. The Balaban J connectivity index is 2.33. The van der Waals surface area contributed by atoms with Gasteiger partial charge in [-0.05, 0) is 28.8 Å². The maximum Gasteiger partial charge on any atom is 0.261 e. The molecule has 0 atom stereocenters. The number of aryl methyl sites for hydroxylation is 1. The third-order valence-electron chi connectivity index (χ3n) is 3.16. The summed E-state index contributed by atoms with van der Waals surface area (Å²) >= 11 is 9.03. The van der Waals surface area contributed by atoms with Gasteiger partial charge < -0.3 is 0 Å². The zero-order valence-electron chi connectivity index (χ0n) is 9.86. The first-order valence-electron chi connectivity index (χ1n) is 5.55. The quantitative estimate of drug-likeness (QED) is 0.827. The Morgan fingerprint density at radius 1 is 1.50 bits per heavy atom. The normalized spacial score (nSPS) is 19.3. The largest absolute Gasteiger partial charge is 0.261 e. The van der Waals surface area contributed by atoms with E-state index in [4.69, 9.17) is 11.6 Å². The molecule has 1 aromatic heterocycles. The molecule has 0 amide bonds. The number of hydrogen-bond acceptors (Lipinski definition) is 4. The zero-order valence-corrected chi connectivity index (χ0v) is 13.0. The van der Waals surface area contributed by atoms with E-state index < -0.39 is 15.6 Å². The maximum atomic E-state index is 12.4.